The zero-order valence-corrected chi connectivity index (χ0v) is 10.1. The Bertz CT molecular complexity index is 740. The second-order valence-corrected chi connectivity index (χ2v) is 4.30. The van der Waals surface area contributed by atoms with Crippen molar-refractivity contribution in [3.8, 4) is 0 Å². The van der Waals surface area contributed by atoms with E-state index in [9.17, 15) is 4.79 Å². The van der Waals surface area contributed by atoms with Crippen molar-refractivity contribution in [3.05, 3.63) is 48.3 Å². The van der Waals surface area contributed by atoms with Gasteiger partial charge in [-0.05, 0) is 12.1 Å². The molecule has 0 saturated carbocycles. The van der Waals surface area contributed by atoms with Gasteiger partial charge in [0.05, 0.1) is 11.0 Å². The van der Waals surface area contributed by atoms with Gasteiger partial charge in [-0.15, -0.1) is 0 Å². The summed E-state index contributed by atoms with van der Waals surface area (Å²) < 4.78 is 0. The molecule has 1 aromatic carbocycles. The van der Waals surface area contributed by atoms with Crippen LogP contribution in [0.1, 0.15) is 10.5 Å². The Balaban J connectivity index is 2.46. The Morgan fingerprint density at radius 3 is 2.47 bits per heavy atom. The van der Waals surface area contributed by atoms with Crippen LogP contribution in [0.4, 0.5) is 0 Å². The molecule has 0 saturated heterocycles. The summed E-state index contributed by atoms with van der Waals surface area (Å²) in [7, 11) is 2.14. The van der Waals surface area contributed by atoms with Crippen LogP contribution >= 0.6 is 9.24 Å². The van der Waals surface area contributed by atoms with E-state index in [4.69, 9.17) is 0 Å². The molecule has 1 unspecified atom stereocenters. The summed E-state index contributed by atoms with van der Waals surface area (Å²) >= 11 is 0. The summed E-state index contributed by atoms with van der Waals surface area (Å²) in [5.41, 5.74) is 1.94. The maximum Gasteiger partial charge on any atom is 0.196 e. The third kappa shape index (κ3) is 1.69. The Kier molecular flexibility index (Phi) is 2.34. The highest BCUT2D eigenvalue weighted by atomic mass is 31.0. The SMILES string of the molecule is O=C(P)c1ccc2ccc3cccnc3c2n1. The van der Waals surface area contributed by atoms with Crippen LogP contribution in [-0.4, -0.2) is 15.5 Å². The smallest absolute Gasteiger partial charge is 0.196 e. The fourth-order valence-corrected chi connectivity index (χ4v) is 2.02. The first-order chi connectivity index (χ1) is 8.25. The Morgan fingerprint density at radius 1 is 1.00 bits per heavy atom. The summed E-state index contributed by atoms with van der Waals surface area (Å²) in [6.07, 6.45) is 1.73. The summed E-state index contributed by atoms with van der Waals surface area (Å²) in [6, 6.07) is 11.5. The van der Waals surface area contributed by atoms with Gasteiger partial charge in [0.1, 0.15) is 5.69 Å². The molecule has 0 amide bonds. The van der Waals surface area contributed by atoms with E-state index in [0.717, 1.165) is 21.8 Å². The van der Waals surface area contributed by atoms with Crippen molar-refractivity contribution in [3.63, 3.8) is 0 Å². The van der Waals surface area contributed by atoms with Crippen molar-refractivity contribution in [1.29, 1.82) is 0 Å². The zero-order chi connectivity index (χ0) is 11.8. The van der Waals surface area contributed by atoms with E-state index in [1.54, 1.807) is 12.3 Å². The molecule has 0 aliphatic rings. The first-order valence-corrected chi connectivity index (χ1v) is 5.78. The highest BCUT2D eigenvalue weighted by molar-refractivity contribution is 7.41. The molecule has 4 heteroatoms. The van der Waals surface area contributed by atoms with Gasteiger partial charge in [0, 0.05) is 17.0 Å². The quantitative estimate of drug-likeness (QED) is 0.485. The van der Waals surface area contributed by atoms with Crippen molar-refractivity contribution < 1.29 is 4.79 Å². The largest absolute Gasteiger partial charge is 0.288 e. The van der Waals surface area contributed by atoms with Crippen molar-refractivity contribution >= 4 is 36.6 Å². The van der Waals surface area contributed by atoms with Gasteiger partial charge in [-0.1, -0.05) is 33.5 Å². The normalized spacial score (nSPS) is 10.9. The fourth-order valence-electron chi connectivity index (χ4n) is 1.86. The van der Waals surface area contributed by atoms with Gasteiger partial charge in [-0.2, -0.15) is 0 Å². The van der Waals surface area contributed by atoms with Crippen LogP contribution in [-0.2, 0) is 0 Å². The minimum Gasteiger partial charge on any atom is -0.288 e. The number of pyridine rings is 2. The monoisotopic (exact) mass is 240 g/mol. The molecule has 3 nitrogen and oxygen atoms in total. The summed E-state index contributed by atoms with van der Waals surface area (Å²) in [4.78, 5) is 20.0. The molecule has 1 atom stereocenters. The standard InChI is InChI=1S/C13H9N2OP/c16-13(17)10-6-5-9-4-3-8-2-1-7-14-11(8)12(9)15-10/h1-7H,17H2. The maximum absolute atomic E-state index is 11.3. The van der Waals surface area contributed by atoms with Gasteiger partial charge < -0.3 is 0 Å². The topological polar surface area (TPSA) is 42.9 Å². The van der Waals surface area contributed by atoms with Gasteiger partial charge in [-0.25, -0.2) is 4.98 Å². The van der Waals surface area contributed by atoms with E-state index in [-0.39, 0.29) is 5.52 Å². The first kappa shape index (κ1) is 10.3. The molecule has 3 rings (SSSR count). The number of carbonyl (C=O) groups is 1. The molecule has 2 heterocycles. The number of hydrogen-bond acceptors (Lipinski definition) is 3. The van der Waals surface area contributed by atoms with Crippen molar-refractivity contribution in [2.75, 3.05) is 0 Å². The fraction of sp³-hybridized carbons (Fsp3) is 0. The minimum atomic E-state index is -0.111. The van der Waals surface area contributed by atoms with Crippen LogP contribution in [0.25, 0.3) is 21.8 Å². The third-order valence-electron chi connectivity index (χ3n) is 2.68. The molecular weight excluding hydrogens is 231 g/mol. The van der Waals surface area contributed by atoms with E-state index in [0.29, 0.717) is 5.69 Å². The van der Waals surface area contributed by atoms with Crippen molar-refractivity contribution in [1.82, 2.24) is 9.97 Å². The number of hydrogen-bond donors (Lipinski definition) is 0. The van der Waals surface area contributed by atoms with Gasteiger partial charge in [0.15, 0.2) is 5.52 Å². The predicted octanol–water partition coefficient (Wildman–Crippen LogP) is 2.80. The maximum atomic E-state index is 11.3. The summed E-state index contributed by atoms with van der Waals surface area (Å²) in [6.45, 7) is 0. The minimum absolute atomic E-state index is 0.111. The third-order valence-corrected chi connectivity index (χ3v) is 2.98. The second kappa shape index (κ2) is 3.86. The Morgan fingerprint density at radius 2 is 1.71 bits per heavy atom. The van der Waals surface area contributed by atoms with E-state index in [1.807, 2.05) is 30.3 Å². The average Bonchev–Trinajstić information content (AvgIpc) is 2.38. The van der Waals surface area contributed by atoms with Crippen molar-refractivity contribution in [2.45, 2.75) is 0 Å². The Labute approximate surface area is 100 Å². The molecule has 3 aromatic rings. The number of fused-ring (bicyclic) bond motifs is 3. The zero-order valence-electron chi connectivity index (χ0n) is 8.92. The Hall–Kier alpha value is -1.86. The van der Waals surface area contributed by atoms with Gasteiger partial charge in [0.25, 0.3) is 0 Å². The molecule has 0 aliphatic carbocycles. The highest BCUT2D eigenvalue weighted by Gasteiger charge is 2.06. The van der Waals surface area contributed by atoms with Crippen LogP contribution in [0.3, 0.4) is 0 Å². The number of aromatic nitrogens is 2. The van der Waals surface area contributed by atoms with Crippen molar-refractivity contribution in [2.24, 2.45) is 0 Å². The highest BCUT2D eigenvalue weighted by Crippen LogP contribution is 2.22. The second-order valence-electron chi connectivity index (χ2n) is 3.77. The predicted molar refractivity (Wildman–Crippen MR) is 71.1 cm³/mol. The molecular formula is C13H9N2OP. The summed E-state index contributed by atoms with van der Waals surface area (Å²) in [5, 5.41) is 2.02. The first-order valence-electron chi connectivity index (χ1n) is 5.20. The molecule has 82 valence electrons. The molecule has 0 spiro atoms. The molecule has 0 fully saturated rings. The number of carbonyl (C=O) groups excluding carboxylic acids is 1. The van der Waals surface area contributed by atoms with Crippen LogP contribution in [0.15, 0.2) is 42.6 Å². The van der Waals surface area contributed by atoms with E-state index in [2.05, 4.69) is 19.2 Å². The van der Waals surface area contributed by atoms with Crippen LogP contribution in [0, 0.1) is 0 Å². The lowest BCUT2D eigenvalue weighted by Gasteiger charge is -2.03. The molecule has 0 N–H and O–H groups in total. The molecule has 2 aromatic heterocycles. The van der Waals surface area contributed by atoms with E-state index in [1.165, 1.54) is 0 Å². The van der Waals surface area contributed by atoms with Crippen LogP contribution in [0.5, 0.6) is 0 Å². The van der Waals surface area contributed by atoms with E-state index >= 15 is 0 Å². The van der Waals surface area contributed by atoms with Crippen LogP contribution < -0.4 is 0 Å². The van der Waals surface area contributed by atoms with Crippen LogP contribution in [0.2, 0.25) is 0 Å². The molecule has 0 aliphatic heterocycles. The molecule has 0 radical (unpaired) electrons. The van der Waals surface area contributed by atoms with Gasteiger partial charge >= 0.3 is 0 Å². The van der Waals surface area contributed by atoms with E-state index < -0.39 is 0 Å². The van der Waals surface area contributed by atoms with Gasteiger partial charge in [-0.3, -0.25) is 9.78 Å². The lowest BCUT2D eigenvalue weighted by molar-refractivity contribution is 0.108. The lowest BCUT2D eigenvalue weighted by Crippen LogP contribution is -1.94. The number of nitrogens with zero attached hydrogens (tertiary/aromatic N) is 2. The van der Waals surface area contributed by atoms with Gasteiger partial charge in [0.2, 0.25) is 0 Å². The number of benzene rings is 1. The summed E-state index contributed by atoms with van der Waals surface area (Å²) in [5.74, 6) is 0. The molecule has 17 heavy (non-hydrogen) atoms. The molecule has 0 bridgehead atoms. The lowest BCUT2D eigenvalue weighted by atomic mass is 10.1. The average molecular weight is 240 g/mol. The number of rotatable bonds is 1.